The van der Waals surface area contributed by atoms with Gasteiger partial charge in [0.25, 0.3) is 5.91 Å². The molecule has 0 bridgehead atoms. The summed E-state index contributed by atoms with van der Waals surface area (Å²) in [6, 6.07) is 5.62. The van der Waals surface area contributed by atoms with Gasteiger partial charge in [0, 0.05) is 5.56 Å². The van der Waals surface area contributed by atoms with Crippen molar-refractivity contribution >= 4 is 17.8 Å². The summed E-state index contributed by atoms with van der Waals surface area (Å²) < 4.78 is 0. The zero-order valence-electron chi connectivity index (χ0n) is 11.1. The predicted molar refractivity (Wildman–Crippen MR) is 70.9 cm³/mol. The third-order valence-corrected chi connectivity index (χ3v) is 3.54. The van der Waals surface area contributed by atoms with E-state index in [1.54, 1.807) is 12.1 Å². The number of rotatable bonds is 5. The highest BCUT2D eigenvalue weighted by Crippen LogP contribution is 2.37. The predicted octanol–water partition coefficient (Wildman–Crippen LogP) is 0.922. The van der Waals surface area contributed by atoms with Crippen LogP contribution >= 0.6 is 0 Å². The molecule has 2 atom stereocenters. The van der Waals surface area contributed by atoms with Gasteiger partial charge in [0.05, 0.1) is 12.5 Å². The lowest BCUT2D eigenvalue weighted by Crippen LogP contribution is -2.47. The highest BCUT2D eigenvalue weighted by atomic mass is 16.4. The number of nitrogens with zero attached hydrogens (tertiary/aromatic N) is 1. The van der Waals surface area contributed by atoms with Crippen LogP contribution in [0.2, 0.25) is 0 Å². The number of amides is 2. The maximum absolute atomic E-state index is 12.4. The molecule has 0 aromatic heterocycles. The number of hydrogen-bond donors (Lipinski definition) is 2. The van der Waals surface area contributed by atoms with Crippen LogP contribution in [0.5, 0.6) is 0 Å². The molecule has 2 rings (SSSR count). The standard InChI is InChI=1S/C14H16N2O4/c1-2-10-8-5-3-4-6-9(8)14(20)16(10)11(13(15)19)7-12(17)18/h3-6,10-11H,2,7H2,1H3,(H2,15,19)(H,17,18). The van der Waals surface area contributed by atoms with Crippen molar-refractivity contribution in [2.45, 2.75) is 31.8 Å². The second-order valence-corrected chi connectivity index (χ2v) is 4.74. The minimum absolute atomic E-state index is 0.310. The first kappa shape index (κ1) is 14.0. The normalized spacial score (nSPS) is 18.8. The average Bonchev–Trinajstić information content (AvgIpc) is 2.68. The van der Waals surface area contributed by atoms with Crippen molar-refractivity contribution in [1.82, 2.24) is 4.90 Å². The third kappa shape index (κ3) is 2.24. The molecule has 3 N–H and O–H groups in total. The van der Waals surface area contributed by atoms with Crippen molar-refractivity contribution in [3.63, 3.8) is 0 Å². The molecule has 6 nitrogen and oxygen atoms in total. The minimum atomic E-state index is -1.16. The quantitative estimate of drug-likeness (QED) is 0.835. The van der Waals surface area contributed by atoms with Crippen molar-refractivity contribution in [3.05, 3.63) is 35.4 Å². The van der Waals surface area contributed by atoms with Crippen LogP contribution in [0.1, 0.15) is 41.7 Å². The topological polar surface area (TPSA) is 101 Å². The van der Waals surface area contributed by atoms with E-state index in [1.165, 1.54) is 4.90 Å². The number of carbonyl (C=O) groups is 3. The summed E-state index contributed by atoms with van der Waals surface area (Å²) in [6.07, 6.45) is 0.109. The van der Waals surface area contributed by atoms with Crippen molar-refractivity contribution < 1.29 is 19.5 Å². The molecule has 0 saturated carbocycles. The number of fused-ring (bicyclic) bond motifs is 1. The number of carboxylic acid groups (broad SMARTS) is 1. The lowest BCUT2D eigenvalue weighted by atomic mass is 10.0. The number of nitrogens with two attached hydrogens (primary N) is 1. The van der Waals surface area contributed by atoms with Gasteiger partial charge in [-0.1, -0.05) is 25.1 Å². The molecule has 20 heavy (non-hydrogen) atoms. The van der Waals surface area contributed by atoms with Crippen molar-refractivity contribution in [1.29, 1.82) is 0 Å². The van der Waals surface area contributed by atoms with Crippen LogP contribution in [-0.2, 0) is 9.59 Å². The summed E-state index contributed by atoms with van der Waals surface area (Å²) in [5, 5.41) is 8.91. The van der Waals surface area contributed by atoms with Gasteiger partial charge in [-0.2, -0.15) is 0 Å². The Labute approximate surface area is 116 Å². The van der Waals surface area contributed by atoms with Crippen molar-refractivity contribution in [2.75, 3.05) is 0 Å². The van der Waals surface area contributed by atoms with E-state index < -0.39 is 24.3 Å². The van der Waals surface area contributed by atoms with E-state index in [2.05, 4.69) is 0 Å². The Bertz CT molecular complexity index is 570. The van der Waals surface area contributed by atoms with Crippen molar-refractivity contribution in [3.8, 4) is 0 Å². The summed E-state index contributed by atoms with van der Waals surface area (Å²) in [7, 11) is 0. The number of carbonyl (C=O) groups excluding carboxylic acids is 2. The molecule has 1 aromatic carbocycles. The number of primary amides is 1. The Kier molecular flexibility index (Phi) is 3.74. The van der Waals surface area contributed by atoms with Gasteiger partial charge in [-0.3, -0.25) is 14.4 Å². The van der Waals surface area contributed by atoms with E-state index in [4.69, 9.17) is 10.8 Å². The third-order valence-electron chi connectivity index (χ3n) is 3.54. The van der Waals surface area contributed by atoms with Gasteiger partial charge in [-0.15, -0.1) is 0 Å². The number of benzene rings is 1. The Morgan fingerprint density at radius 3 is 2.60 bits per heavy atom. The van der Waals surface area contributed by atoms with Crippen LogP contribution in [0.15, 0.2) is 24.3 Å². The van der Waals surface area contributed by atoms with Gasteiger partial charge >= 0.3 is 5.97 Å². The first-order valence-corrected chi connectivity index (χ1v) is 6.40. The van der Waals surface area contributed by atoms with Crippen LogP contribution in [0.4, 0.5) is 0 Å². The van der Waals surface area contributed by atoms with Crippen molar-refractivity contribution in [2.24, 2.45) is 5.73 Å². The van der Waals surface area contributed by atoms with Gasteiger partial charge < -0.3 is 15.7 Å². The monoisotopic (exact) mass is 276 g/mol. The SMILES string of the molecule is CCC1c2ccccc2C(=O)N1C(CC(=O)O)C(N)=O. The van der Waals surface area contributed by atoms with Crippen LogP contribution in [0, 0.1) is 0 Å². The highest BCUT2D eigenvalue weighted by Gasteiger charge is 2.42. The molecule has 0 fully saturated rings. The molecule has 0 radical (unpaired) electrons. The molecule has 2 unspecified atom stereocenters. The summed E-state index contributed by atoms with van der Waals surface area (Å²) in [5.74, 6) is -2.29. The van der Waals surface area contributed by atoms with Crippen LogP contribution in [0.25, 0.3) is 0 Å². The maximum atomic E-state index is 12.4. The Balaban J connectivity index is 2.43. The first-order valence-electron chi connectivity index (χ1n) is 6.40. The van der Waals surface area contributed by atoms with Gasteiger partial charge in [0.2, 0.25) is 5.91 Å². The largest absolute Gasteiger partial charge is 0.481 e. The summed E-state index contributed by atoms with van der Waals surface area (Å²) >= 11 is 0. The molecular weight excluding hydrogens is 260 g/mol. The lowest BCUT2D eigenvalue weighted by Gasteiger charge is -2.30. The molecule has 6 heteroatoms. The second kappa shape index (κ2) is 5.32. The molecule has 0 saturated heterocycles. The summed E-state index contributed by atoms with van der Waals surface area (Å²) in [6.45, 7) is 1.88. The Morgan fingerprint density at radius 2 is 2.05 bits per heavy atom. The van der Waals surface area contributed by atoms with E-state index in [0.717, 1.165) is 5.56 Å². The van der Waals surface area contributed by atoms with Gasteiger partial charge in [-0.05, 0) is 18.1 Å². The Morgan fingerprint density at radius 1 is 1.40 bits per heavy atom. The zero-order valence-corrected chi connectivity index (χ0v) is 11.1. The van der Waals surface area contributed by atoms with E-state index in [9.17, 15) is 14.4 Å². The number of aliphatic carboxylic acids is 1. The molecule has 0 aliphatic carbocycles. The minimum Gasteiger partial charge on any atom is -0.481 e. The molecular formula is C14H16N2O4. The number of carboxylic acids is 1. The maximum Gasteiger partial charge on any atom is 0.305 e. The summed E-state index contributed by atoms with van der Waals surface area (Å²) in [4.78, 5) is 36.2. The van der Waals surface area contributed by atoms with Gasteiger partial charge in [0.1, 0.15) is 6.04 Å². The molecule has 1 aliphatic rings. The Hall–Kier alpha value is -2.37. The zero-order chi connectivity index (χ0) is 14.9. The van der Waals surface area contributed by atoms with Gasteiger partial charge in [0.15, 0.2) is 0 Å². The van der Waals surface area contributed by atoms with E-state index >= 15 is 0 Å². The van der Waals surface area contributed by atoms with Gasteiger partial charge in [-0.25, -0.2) is 0 Å². The van der Waals surface area contributed by atoms with Crippen LogP contribution in [0.3, 0.4) is 0 Å². The number of hydrogen-bond acceptors (Lipinski definition) is 3. The van der Waals surface area contributed by atoms with Crippen LogP contribution in [-0.4, -0.2) is 33.8 Å². The molecule has 106 valence electrons. The molecule has 1 heterocycles. The fourth-order valence-electron chi connectivity index (χ4n) is 2.69. The fraction of sp³-hybridized carbons (Fsp3) is 0.357. The van der Waals surface area contributed by atoms with E-state index in [-0.39, 0.29) is 11.9 Å². The van der Waals surface area contributed by atoms with Crippen LogP contribution < -0.4 is 5.73 Å². The smallest absolute Gasteiger partial charge is 0.305 e. The molecule has 2 amide bonds. The first-order chi connectivity index (χ1) is 9.47. The molecule has 1 aliphatic heterocycles. The highest BCUT2D eigenvalue weighted by molar-refractivity contribution is 6.02. The van der Waals surface area contributed by atoms with E-state index in [0.29, 0.717) is 12.0 Å². The summed E-state index contributed by atoms with van der Waals surface area (Å²) in [5.41, 5.74) is 6.61. The lowest BCUT2D eigenvalue weighted by molar-refractivity contribution is -0.141. The average molecular weight is 276 g/mol. The van der Waals surface area contributed by atoms with E-state index in [1.807, 2.05) is 19.1 Å². The second-order valence-electron chi connectivity index (χ2n) is 4.74. The molecule has 0 spiro atoms. The fourth-order valence-corrected chi connectivity index (χ4v) is 2.69. The molecule has 1 aromatic rings.